The molecule has 0 aromatic heterocycles. The summed E-state index contributed by atoms with van der Waals surface area (Å²) >= 11 is 0. The standard InChI is InChI=1S/C11H13F2NO2/c1-2-16-11(15)6-10(14)7-3-4-8(12)9(13)5-7/h3-5,10H,2,6,14H2,1H3. The Morgan fingerprint density at radius 3 is 2.69 bits per heavy atom. The van der Waals surface area contributed by atoms with Crippen molar-refractivity contribution in [1.29, 1.82) is 0 Å². The first kappa shape index (κ1) is 12.6. The number of esters is 1. The first-order valence-corrected chi connectivity index (χ1v) is 4.90. The third-order valence-electron chi connectivity index (χ3n) is 2.06. The average Bonchev–Trinajstić information content (AvgIpc) is 2.22. The number of halogens is 2. The van der Waals surface area contributed by atoms with Crippen LogP contribution in [0.4, 0.5) is 8.78 Å². The summed E-state index contributed by atoms with van der Waals surface area (Å²) in [6, 6.07) is 2.63. The number of carbonyl (C=O) groups is 1. The van der Waals surface area contributed by atoms with Crippen LogP contribution in [0.2, 0.25) is 0 Å². The Balaban J connectivity index is 2.69. The van der Waals surface area contributed by atoms with Gasteiger partial charge in [0, 0.05) is 6.04 Å². The van der Waals surface area contributed by atoms with Crippen molar-refractivity contribution in [1.82, 2.24) is 0 Å². The molecular formula is C11H13F2NO2. The predicted molar refractivity (Wildman–Crippen MR) is 54.5 cm³/mol. The zero-order valence-electron chi connectivity index (χ0n) is 8.87. The molecule has 88 valence electrons. The zero-order chi connectivity index (χ0) is 12.1. The molecule has 0 amide bonds. The highest BCUT2D eigenvalue weighted by atomic mass is 19.2. The van der Waals surface area contributed by atoms with Gasteiger partial charge in [-0.05, 0) is 24.6 Å². The molecule has 0 aliphatic heterocycles. The summed E-state index contributed by atoms with van der Waals surface area (Å²) in [4.78, 5) is 11.1. The summed E-state index contributed by atoms with van der Waals surface area (Å²) in [5, 5.41) is 0. The van der Waals surface area contributed by atoms with Crippen molar-refractivity contribution in [2.45, 2.75) is 19.4 Å². The third-order valence-corrected chi connectivity index (χ3v) is 2.06. The molecule has 5 heteroatoms. The lowest BCUT2D eigenvalue weighted by molar-refractivity contribution is -0.143. The van der Waals surface area contributed by atoms with E-state index in [4.69, 9.17) is 10.5 Å². The SMILES string of the molecule is CCOC(=O)CC(N)c1ccc(F)c(F)c1. The van der Waals surface area contributed by atoms with Crippen molar-refractivity contribution in [3.8, 4) is 0 Å². The second kappa shape index (κ2) is 5.55. The van der Waals surface area contributed by atoms with Crippen LogP contribution in [0.25, 0.3) is 0 Å². The Morgan fingerprint density at radius 2 is 2.12 bits per heavy atom. The van der Waals surface area contributed by atoms with Crippen molar-refractivity contribution in [2.24, 2.45) is 5.73 Å². The van der Waals surface area contributed by atoms with E-state index in [9.17, 15) is 13.6 Å². The summed E-state index contributed by atoms with van der Waals surface area (Å²) in [5.74, 6) is -2.37. The van der Waals surface area contributed by atoms with Gasteiger partial charge in [-0.3, -0.25) is 4.79 Å². The van der Waals surface area contributed by atoms with Crippen LogP contribution < -0.4 is 5.73 Å². The molecule has 2 N–H and O–H groups in total. The van der Waals surface area contributed by atoms with Gasteiger partial charge in [0.1, 0.15) is 0 Å². The molecule has 0 radical (unpaired) electrons. The molecule has 0 saturated heterocycles. The van der Waals surface area contributed by atoms with E-state index in [1.54, 1.807) is 6.92 Å². The quantitative estimate of drug-likeness (QED) is 0.802. The molecule has 0 fully saturated rings. The molecule has 0 aliphatic rings. The number of hydrogen-bond acceptors (Lipinski definition) is 3. The van der Waals surface area contributed by atoms with Gasteiger partial charge in [0.2, 0.25) is 0 Å². The number of ether oxygens (including phenoxy) is 1. The Bertz CT molecular complexity index is 382. The number of benzene rings is 1. The molecule has 0 heterocycles. The molecule has 3 nitrogen and oxygen atoms in total. The van der Waals surface area contributed by atoms with Crippen molar-refractivity contribution < 1.29 is 18.3 Å². The Kier molecular flexibility index (Phi) is 4.37. The van der Waals surface area contributed by atoms with Crippen molar-refractivity contribution in [3.63, 3.8) is 0 Å². The average molecular weight is 229 g/mol. The van der Waals surface area contributed by atoms with Crippen LogP contribution in [-0.4, -0.2) is 12.6 Å². The summed E-state index contributed by atoms with van der Waals surface area (Å²) in [6.07, 6.45) is -0.0566. The lowest BCUT2D eigenvalue weighted by Crippen LogP contribution is -2.17. The second-order valence-corrected chi connectivity index (χ2v) is 3.29. The van der Waals surface area contributed by atoms with Gasteiger partial charge in [0.15, 0.2) is 11.6 Å². The molecule has 1 rings (SSSR count). The van der Waals surface area contributed by atoms with Gasteiger partial charge >= 0.3 is 5.97 Å². The molecule has 16 heavy (non-hydrogen) atoms. The van der Waals surface area contributed by atoms with Gasteiger partial charge < -0.3 is 10.5 Å². The fourth-order valence-corrected chi connectivity index (χ4v) is 1.26. The summed E-state index contributed by atoms with van der Waals surface area (Å²) in [5.41, 5.74) is 6.02. The van der Waals surface area contributed by atoms with Crippen LogP contribution in [0.5, 0.6) is 0 Å². The van der Waals surface area contributed by atoms with E-state index in [1.165, 1.54) is 6.07 Å². The van der Waals surface area contributed by atoms with Crippen molar-refractivity contribution in [2.75, 3.05) is 6.61 Å². The molecule has 1 aromatic rings. The molecule has 0 spiro atoms. The highest BCUT2D eigenvalue weighted by Gasteiger charge is 2.14. The predicted octanol–water partition coefficient (Wildman–Crippen LogP) is 1.92. The number of carbonyl (C=O) groups excluding carboxylic acids is 1. The van der Waals surface area contributed by atoms with Gasteiger partial charge in [-0.15, -0.1) is 0 Å². The summed E-state index contributed by atoms with van der Waals surface area (Å²) in [7, 11) is 0. The van der Waals surface area contributed by atoms with Crippen molar-refractivity contribution in [3.05, 3.63) is 35.4 Å². The largest absolute Gasteiger partial charge is 0.466 e. The topological polar surface area (TPSA) is 52.3 Å². The molecule has 1 aromatic carbocycles. The molecular weight excluding hydrogens is 216 g/mol. The van der Waals surface area contributed by atoms with Crippen LogP contribution in [-0.2, 0) is 9.53 Å². The Morgan fingerprint density at radius 1 is 1.44 bits per heavy atom. The van der Waals surface area contributed by atoms with Crippen LogP contribution >= 0.6 is 0 Å². The second-order valence-electron chi connectivity index (χ2n) is 3.29. The van der Waals surface area contributed by atoms with E-state index < -0.39 is 23.6 Å². The highest BCUT2D eigenvalue weighted by molar-refractivity contribution is 5.70. The summed E-state index contributed by atoms with van der Waals surface area (Å²) < 4.78 is 30.2. The number of rotatable bonds is 4. The Hall–Kier alpha value is -1.49. The van der Waals surface area contributed by atoms with Crippen LogP contribution in [0.15, 0.2) is 18.2 Å². The monoisotopic (exact) mass is 229 g/mol. The van der Waals surface area contributed by atoms with Gasteiger partial charge in [-0.1, -0.05) is 6.07 Å². The van der Waals surface area contributed by atoms with Gasteiger partial charge in [-0.25, -0.2) is 8.78 Å². The Labute approximate surface area is 92.2 Å². The minimum Gasteiger partial charge on any atom is -0.466 e. The van der Waals surface area contributed by atoms with E-state index in [0.717, 1.165) is 12.1 Å². The fourth-order valence-electron chi connectivity index (χ4n) is 1.26. The highest BCUT2D eigenvalue weighted by Crippen LogP contribution is 2.17. The summed E-state index contributed by atoms with van der Waals surface area (Å²) in [6.45, 7) is 1.95. The van der Waals surface area contributed by atoms with E-state index in [0.29, 0.717) is 5.56 Å². The van der Waals surface area contributed by atoms with E-state index in [1.807, 2.05) is 0 Å². The van der Waals surface area contributed by atoms with Gasteiger partial charge in [-0.2, -0.15) is 0 Å². The fraction of sp³-hybridized carbons (Fsp3) is 0.364. The lowest BCUT2D eigenvalue weighted by atomic mass is 10.0. The maximum atomic E-state index is 12.9. The third kappa shape index (κ3) is 3.27. The van der Waals surface area contributed by atoms with E-state index in [-0.39, 0.29) is 13.0 Å². The first-order valence-electron chi connectivity index (χ1n) is 4.90. The van der Waals surface area contributed by atoms with E-state index >= 15 is 0 Å². The van der Waals surface area contributed by atoms with Gasteiger partial charge in [0.25, 0.3) is 0 Å². The first-order chi connectivity index (χ1) is 7.54. The molecule has 0 bridgehead atoms. The molecule has 0 aliphatic carbocycles. The van der Waals surface area contributed by atoms with Crippen molar-refractivity contribution >= 4 is 5.97 Å². The minimum absolute atomic E-state index is 0.0566. The van der Waals surface area contributed by atoms with Crippen LogP contribution in [0.1, 0.15) is 24.9 Å². The zero-order valence-corrected chi connectivity index (χ0v) is 8.87. The smallest absolute Gasteiger partial charge is 0.307 e. The van der Waals surface area contributed by atoms with E-state index in [2.05, 4.69) is 0 Å². The molecule has 1 atom stereocenters. The minimum atomic E-state index is -0.975. The number of hydrogen-bond donors (Lipinski definition) is 1. The normalized spacial score (nSPS) is 12.2. The molecule has 1 unspecified atom stereocenters. The van der Waals surface area contributed by atoms with Crippen LogP contribution in [0, 0.1) is 11.6 Å². The van der Waals surface area contributed by atoms with Crippen LogP contribution in [0.3, 0.4) is 0 Å². The maximum Gasteiger partial charge on any atom is 0.307 e. The lowest BCUT2D eigenvalue weighted by Gasteiger charge is -2.11. The van der Waals surface area contributed by atoms with Gasteiger partial charge in [0.05, 0.1) is 13.0 Å². The maximum absolute atomic E-state index is 12.9. The molecule has 0 saturated carbocycles. The number of nitrogens with two attached hydrogens (primary N) is 1.